The first-order chi connectivity index (χ1) is 14.6. The van der Waals surface area contributed by atoms with Crippen molar-refractivity contribution in [2.45, 2.75) is 38.6 Å². The summed E-state index contributed by atoms with van der Waals surface area (Å²) in [5, 5.41) is 11.9. The quantitative estimate of drug-likeness (QED) is 0.693. The summed E-state index contributed by atoms with van der Waals surface area (Å²) in [6.07, 6.45) is 3.78. The SMILES string of the molecule is COc1ccc(C(NC(=O)N2CCC(c3nnc4ccccn34)CC2)C(C)C)cc1. The van der Waals surface area contributed by atoms with Crippen LogP contribution in [0.4, 0.5) is 4.79 Å². The van der Waals surface area contributed by atoms with Crippen molar-refractivity contribution in [1.82, 2.24) is 24.8 Å². The van der Waals surface area contributed by atoms with Gasteiger partial charge in [-0.3, -0.25) is 4.40 Å². The third-order valence-corrected chi connectivity index (χ3v) is 5.91. The Hall–Kier alpha value is -3.09. The van der Waals surface area contributed by atoms with Crippen LogP contribution in [0.1, 0.15) is 50.0 Å². The molecule has 7 nitrogen and oxygen atoms in total. The summed E-state index contributed by atoms with van der Waals surface area (Å²) in [6.45, 7) is 5.67. The summed E-state index contributed by atoms with van der Waals surface area (Å²) in [5.74, 6) is 2.40. The number of amides is 2. The molecular formula is C23H29N5O2. The first kappa shape index (κ1) is 20.2. The van der Waals surface area contributed by atoms with E-state index in [1.54, 1.807) is 7.11 Å². The molecule has 1 aliphatic rings. The van der Waals surface area contributed by atoms with Crippen LogP contribution in [0, 0.1) is 5.92 Å². The van der Waals surface area contributed by atoms with Crippen molar-refractivity contribution in [1.29, 1.82) is 0 Å². The Morgan fingerprint density at radius 3 is 2.50 bits per heavy atom. The molecular weight excluding hydrogens is 378 g/mol. The molecule has 1 unspecified atom stereocenters. The van der Waals surface area contributed by atoms with Gasteiger partial charge < -0.3 is 15.0 Å². The van der Waals surface area contributed by atoms with Crippen LogP contribution < -0.4 is 10.1 Å². The molecule has 1 N–H and O–H groups in total. The van der Waals surface area contributed by atoms with Crippen molar-refractivity contribution in [2.75, 3.05) is 20.2 Å². The van der Waals surface area contributed by atoms with Crippen molar-refractivity contribution >= 4 is 11.7 Å². The zero-order valence-corrected chi connectivity index (χ0v) is 17.8. The molecule has 7 heteroatoms. The van der Waals surface area contributed by atoms with E-state index in [1.807, 2.05) is 53.6 Å². The van der Waals surface area contributed by atoms with Crippen molar-refractivity contribution in [3.8, 4) is 5.75 Å². The average Bonchev–Trinajstić information content (AvgIpc) is 3.21. The number of hydrogen-bond acceptors (Lipinski definition) is 4. The highest BCUT2D eigenvalue weighted by Crippen LogP contribution is 2.28. The maximum Gasteiger partial charge on any atom is 0.317 e. The number of piperidine rings is 1. The predicted octanol–water partition coefficient (Wildman–Crippen LogP) is 4.02. The summed E-state index contributed by atoms with van der Waals surface area (Å²) >= 11 is 0. The number of rotatable bonds is 5. The summed E-state index contributed by atoms with van der Waals surface area (Å²) in [7, 11) is 1.66. The van der Waals surface area contributed by atoms with Gasteiger partial charge in [0.2, 0.25) is 0 Å². The van der Waals surface area contributed by atoms with Gasteiger partial charge in [0, 0.05) is 25.2 Å². The van der Waals surface area contributed by atoms with Crippen LogP contribution in [-0.2, 0) is 0 Å². The molecule has 0 spiro atoms. The molecule has 2 amide bonds. The molecule has 0 radical (unpaired) electrons. The Morgan fingerprint density at radius 1 is 1.10 bits per heavy atom. The smallest absolute Gasteiger partial charge is 0.317 e. The summed E-state index contributed by atoms with van der Waals surface area (Å²) in [6, 6.07) is 13.8. The second-order valence-electron chi connectivity index (χ2n) is 8.19. The number of aromatic nitrogens is 3. The first-order valence-electron chi connectivity index (χ1n) is 10.6. The van der Waals surface area contributed by atoms with Gasteiger partial charge in [0.05, 0.1) is 13.2 Å². The molecule has 0 bridgehead atoms. The van der Waals surface area contributed by atoms with Gasteiger partial charge in [-0.05, 0) is 48.6 Å². The van der Waals surface area contributed by atoms with E-state index in [-0.39, 0.29) is 18.0 Å². The fourth-order valence-electron chi connectivity index (χ4n) is 4.15. The maximum atomic E-state index is 13.0. The standard InChI is InChI=1S/C23H29N5O2/c1-16(2)21(17-7-9-19(30-3)10-8-17)24-23(29)27-14-11-18(12-15-27)22-26-25-20-6-4-5-13-28(20)22/h4-10,13,16,18,21H,11-12,14-15H2,1-3H3,(H,24,29). The van der Waals surface area contributed by atoms with Crippen LogP contribution in [0.25, 0.3) is 5.65 Å². The van der Waals surface area contributed by atoms with E-state index >= 15 is 0 Å². The zero-order chi connectivity index (χ0) is 21.1. The maximum absolute atomic E-state index is 13.0. The molecule has 3 heterocycles. The molecule has 4 rings (SSSR count). The minimum absolute atomic E-state index is 0.00549. The Balaban J connectivity index is 1.39. The molecule has 0 saturated carbocycles. The monoisotopic (exact) mass is 407 g/mol. The van der Waals surface area contributed by atoms with Gasteiger partial charge >= 0.3 is 6.03 Å². The first-order valence-corrected chi connectivity index (χ1v) is 10.6. The number of fused-ring (bicyclic) bond motifs is 1. The van der Waals surface area contributed by atoms with E-state index in [1.165, 1.54) is 0 Å². The van der Waals surface area contributed by atoms with Crippen molar-refractivity contribution < 1.29 is 9.53 Å². The Bertz CT molecular complexity index is 990. The lowest BCUT2D eigenvalue weighted by Crippen LogP contribution is -2.46. The lowest BCUT2D eigenvalue weighted by molar-refractivity contribution is 0.173. The minimum Gasteiger partial charge on any atom is -0.497 e. The normalized spacial score (nSPS) is 16.1. The Morgan fingerprint density at radius 2 is 1.83 bits per heavy atom. The second kappa shape index (κ2) is 8.73. The van der Waals surface area contributed by atoms with Crippen LogP contribution in [0.15, 0.2) is 48.7 Å². The van der Waals surface area contributed by atoms with E-state index in [4.69, 9.17) is 4.74 Å². The number of carbonyl (C=O) groups excluding carboxylic acids is 1. The fourth-order valence-corrected chi connectivity index (χ4v) is 4.15. The number of carbonyl (C=O) groups is 1. The number of nitrogens with one attached hydrogen (secondary N) is 1. The molecule has 30 heavy (non-hydrogen) atoms. The van der Waals surface area contributed by atoms with Crippen molar-refractivity contribution in [3.63, 3.8) is 0 Å². The molecule has 1 atom stereocenters. The Kier molecular flexibility index (Phi) is 5.88. The fraction of sp³-hybridized carbons (Fsp3) is 0.435. The summed E-state index contributed by atoms with van der Waals surface area (Å²) < 4.78 is 7.30. The molecule has 1 saturated heterocycles. The number of ether oxygens (including phenoxy) is 1. The summed E-state index contributed by atoms with van der Waals surface area (Å²) in [5.41, 5.74) is 1.95. The molecule has 158 valence electrons. The van der Waals surface area contributed by atoms with Crippen LogP contribution >= 0.6 is 0 Å². The van der Waals surface area contributed by atoms with Gasteiger partial charge in [0.1, 0.15) is 11.6 Å². The number of pyridine rings is 1. The van der Waals surface area contributed by atoms with Gasteiger partial charge in [0.15, 0.2) is 5.65 Å². The van der Waals surface area contributed by atoms with Crippen LogP contribution in [0.5, 0.6) is 5.75 Å². The molecule has 3 aromatic rings. The third-order valence-electron chi connectivity index (χ3n) is 5.91. The van der Waals surface area contributed by atoms with E-state index in [0.717, 1.165) is 35.6 Å². The van der Waals surface area contributed by atoms with Crippen LogP contribution in [-0.4, -0.2) is 45.7 Å². The highest BCUT2D eigenvalue weighted by atomic mass is 16.5. The number of likely N-dealkylation sites (tertiary alicyclic amines) is 1. The van der Waals surface area contributed by atoms with Gasteiger partial charge in [-0.15, -0.1) is 10.2 Å². The van der Waals surface area contributed by atoms with Gasteiger partial charge in [0.25, 0.3) is 0 Å². The van der Waals surface area contributed by atoms with E-state index in [9.17, 15) is 4.79 Å². The van der Waals surface area contributed by atoms with E-state index in [2.05, 4.69) is 33.8 Å². The van der Waals surface area contributed by atoms with E-state index < -0.39 is 0 Å². The van der Waals surface area contributed by atoms with Crippen molar-refractivity contribution in [3.05, 3.63) is 60.0 Å². The second-order valence-corrected chi connectivity index (χ2v) is 8.19. The number of benzene rings is 1. The zero-order valence-electron chi connectivity index (χ0n) is 17.8. The summed E-state index contributed by atoms with van der Waals surface area (Å²) in [4.78, 5) is 14.9. The Labute approximate surface area is 177 Å². The predicted molar refractivity (Wildman–Crippen MR) is 116 cm³/mol. The van der Waals surface area contributed by atoms with Gasteiger partial charge in [-0.1, -0.05) is 32.0 Å². The molecule has 1 aliphatic heterocycles. The highest BCUT2D eigenvalue weighted by Gasteiger charge is 2.28. The molecule has 1 fully saturated rings. The largest absolute Gasteiger partial charge is 0.497 e. The third kappa shape index (κ3) is 4.10. The number of urea groups is 1. The highest BCUT2D eigenvalue weighted by molar-refractivity contribution is 5.75. The van der Waals surface area contributed by atoms with Crippen LogP contribution in [0.3, 0.4) is 0 Å². The minimum atomic E-state index is -0.0402. The number of methoxy groups -OCH3 is 1. The van der Waals surface area contributed by atoms with Gasteiger partial charge in [-0.25, -0.2) is 4.79 Å². The topological polar surface area (TPSA) is 71.8 Å². The molecule has 1 aromatic carbocycles. The molecule has 2 aromatic heterocycles. The van der Waals surface area contributed by atoms with Crippen LogP contribution in [0.2, 0.25) is 0 Å². The number of hydrogen-bond donors (Lipinski definition) is 1. The lowest BCUT2D eigenvalue weighted by Gasteiger charge is -2.33. The lowest BCUT2D eigenvalue weighted by atomic mass is 9.95. The van der Waals surface area contributed by atoms with Crippen molar-refractivity contribution in [2.24, 2.45) is 5.92 Å². The molecule has 0 aliphatic carbocycles. The van der Waals surface area contributed by atoms with Gasteiger partial charge in [-0.2, -0.15) is 0 Å². The van der Waals surface area contributed by atoms with E-state index in [0.29, 0.717) is 19.0 Å². The number of nitrogens with zero attached hydrogens (tertiary/aromatic N) is 4. The average molecular weight is 408 g/mol.